The third-order valence-electron chi connectivity index (χ3n) is 4.46. The summed E-state index contributed by atoms with van der Waals surface area (Å²) in [6.07, 6.45) is 0. The van der Waals surface area contributed by atoms with Gasteiger partial charge >= 0.3 is 0 Å². The zero-order valence-electron chi connectivity index (χ0n) is 13.2. The molecule has 0 saturated heterocycles. The monoisotopic (exact) mass is 258 g/mol. The number of hydrogen-bond donors (Lipinski definition) is 0. The first-order chi connectivity index (χ1) is 7.05. The van der Waals surface area contributed by atoms with Crippen molar-refractivity contribution in [1.82, 2.24) is 0 Å². The van der Waals surface area contributed by atoms with Gasteiger partial charge in [-0.05, 0) is 10.1 Å². The lowest BCUT2D eigenvalue weighted by atomic mass is 10.2. The zero-order chi connectivity index (χ0) is 13.2. The Balaban J connectivity index is 5.49. The lowest BCUT2D eigenvalue weighted by Gasteiger charge is -2.51. The van der Waals surface area contributed by atoms with Gasteiger partial charge < -0.3 is 0 Å². The van der Waals surface area contributed by atoms with Gasteiger partial charge in [0.25, 0.3) is 0 Å². The highest BCUT2D eigenvalue weighted by Gasteiger charge is 2.49. The molecule has 0 rings (SSSR count). The van der Waals surface area contributed by atoms with Crippen molar-refractivity contribution in [3.63, 3.8) is 0 Å². The van der Waals surface area contributed by atoms with Crippen molar-refractivity contribution in [3.8, 4) is 0 Å². The Kier molecular flexibility index (Phi) is 5.53. The van der Waals surface area contributed by atoms with Gasteiger partial charge in [0.15, 0.2) is 0 Å². The van der Waals surface area contributed by atoms with E-state index < -0.39 is 15.9 Å². The zero-order valence-corrected chi connectivity index (χ0v) is 15.4. The van der Waals surface area contributed by atoms with Gasteiger partial charge in [0.2, 0.25) is 0 Å². The second kappa shape index (κ2) is 5.39. The Labute approximate surface area is 107 Å². The summed E-state index contributed by atoms with van der Waals surface area (Å²) in [6.45, 7) is 22.5. The minimum atomic E-state index is -0.979. The second-order valence-electron chi connectivity index (χ2n) is 7.59. The summed E-state index contributed by atoms with van der Waals surface area (Å²) >= 11 is 0. The largest absolute Gasteiger partial charge is 0.0680 e. The Bertz CT molecular complexity index is 181. The Morgan fingerprint density at radius 3 is 1.00 bits per heavy atom. The molecule has 0 fully saturated rings. The molecule has 0 unspecified atom stereocenters. The first kappa shape index (κ1) is 16.4. The number of rotatable bonds is 4. The molecule has 0 aliphatic heterocycles. The van der Waals surface area contributed by atoms with Gasteiger partial charge in [0.1, 0.15) is 0 Å². The Morgan fingerprint density at radius 1 is 0.688 bits per heavy atom. The van der Waals surface area contributed by atoms with Crippen LogP contribution in [-0.4, -0.2) is 15.9 Å². The quantitative estimate of drug-likeness (QED) is 0.592. The van der Waals surface area contributed by atoms with Crippen LogP contribution in [0.1, 0.15) is 62.3 Å². The SMILES string of the molecule is CC[Si](CC)(CC)[SiH](C(C)(C)C)C(C)(C)C. The summed E-state index contributed by atoms with van der Waals surface area (Å²) in [6, 6.07) is 4.52. The topological polar surface area (TPSA) is 0 Å². The summed E-state index contributed by atoms with van der Waals surface area (Å²) in [7, 11) is -1.70. The van der Waals surface area contributed by atoms with E-state index in [0.29, 0.717) is 10.1 Å². The predicted molar refractivity (Wildman–Crippen MR) is 83.8 cm³/mol. The Morgan fingerprint density at radius 2 is 0.938 bits per heavy atom. The van der Waals surface area contributed by atoms with E-state index in [1.807, 2.05) is 0 Å². The van der Waals surface area contributed by atoms with E-state index >= 15 is 0 Å². The highest BCUT2D eigenvalue weighted by atomic mass is 29.2. The van der Waals surface area contributed by atoms with Crippen molar-refractivity contribution in [2.24, 2.45) is 0 Å². The molecule has 0 aromatic carbocycles. The molecule has 0 aliphatic rings. The van der Waals surface area contributed by atoms with Crippen LogP contribution < -0.4 is 0 Å². The Hall–Kier alpha value is 0.434. The molecular weight excluding hydrogens is 224 g/mol. The fraction of sp³-hybridized carbons (Fsp3) is 1.00. The maximum atomic E-state index is 2.51. The van der Waals surface area contributed by atoms with Gasteiger partial charge in [0, 0.05) is 15.9 Å². The maximum Gasteiger partial charge on any atom is 0.0443 e. The molecule has 0 N–H and O–H groups in total. The van der Waals surface area contributed by atoms with Crippen LogP contribution in [0.5, 0.6) is 0 Å². The lowest BCUT2D eigenvalue weighted by Crippen LogP contribution is -2.58. The molecule has 98 valence electrons. The second-order valence-corrected chi connectivity index (χ2v) is 22.2. The molecule has 0 spiro atoms. The van der Waals surface area contributed by atoms with E-state index in [0.717, 1.165) is 0 Å². The molecule has 0 atom stereocenters. The first-order valence-electron chi connectivity index (χ1n) is 7.05. The van der Waals surface area contributed by atoms with Crippen LogP contribution in [0.4, 0.5) is 0 Å². The van der Waals surface area contributed by atoms with Gasteiger partial charge in [-0.25, -0.2) is 0 Å². The van der Waals surface area contributed by atoms with Crippen LogP contribution in [0.3, 0.4) is 0 Å². The molecule has 2 heteroatoms. The van der Waals surface area contributed by atoms with E-state index in [9.17, 15) is 0 Å². The van der Waals surface area contributed by atoms with Crippen LogP contribution in [0.2, 0.25) is 28.2 Å². The molecule has 0 heterocycles. The fourth-order valence-electron chi connectivity index (χ4n) is 4.50. The molecule has 0 aliphatic carbocycles. The molecular formula is C14H34Si2. The van der Waals surface area contributed by atoms with Crippen LogP contribution >= 0.6 is 0 Å². The molecule has 0 saturated carbocycles. The van der Waals surface area contributed by atoms with Gasteiger partial charge in [-0.1, -0.05) is 80.4 Å². The highest BCUT2D eigenvalue weighted by molar-refractivity contribution is 7.35. The smallest absolute Gasteiger partial charge is 0.0443 e. The maximum absolute atomic E-state index is 2.51. The van der Waals surface area contributed by atoms with E-state index in [1.54, 1.807) is 0 Å². The van der Waals surface area contributed by atoms with Crippen molar-refractivity contribution in [2.45, 2.75) is 90.5 Å². The summed E-state index contributed by atoms with van der Waals surface area (Å²) in [5, 5.41) is 1.18. The van der Waals surface area contributed by atoms with Crippen molar-refractivity contribution < 1.29 is 0 Å². The van der Waals surface area contributed by atoms with Crippen LogP contribution in [0, 0.1) is 0 Å². The molecule has 0 radical (unpaired) electrons. The average Bonchev–Trinajstić information content (AvgIpc) is 2.10. The minimum absolute atomic E-state index is 0.590. The van der Waals surface area contributed by atoms with Gasteiger partial charge in [-0.3, -0.25) is 0 Å². The summed E-state index contributed by atoms with van der Waals surface area (Å²) in [5.74, 6) is 0. The highest BCUT2D eigenvalue weighted by Crippen LogP contribution is 2.49. The lowest BCUT2D eigenvalue weighted by molar-refractivity contribution is 0.655. The van der Waals surface area contributed by atoms with E-state index in [2.05, 4.69) is 62.3 Å². The van der Waals surface area contributed by atoms with Gasteiger partial charge in [-0.2, -0.15) is 0 Å². The van der Waals surface area contributed by atoms with Crippen LogP contribution in [0.25, 0.3) is 0 Å². The van der Waals surface area contributed by atoms with Crippen molar-refractivity contribution in [1.29, 1.82) is 0 Å². The number of hydrogen-bond acceptors (Lipinski definition) is 0. The third kappa shape index (κ3) is 3.46. The molecule has 0 aromatic heterocycles. The van der Waals surface area contributed by atoms with Gasteiger partial charge in [0.05, 0.1) is 0 Å². The predicted octanol–water partition coefficient (Wildman–Crippen LogP) is 5.40. The van der Waals surface area contributed by atoms with Crippen LogP contribution in [0.15, 0.2) is 0 Å². The fourth-order valence-corrected chi connectivity index (χ4v) is 28.2. The molecule has 16 heavy (non-hydrogen) atoms. The molecule has 0 bridgehead atoms. The third-order valence-corrected chi connectivity index (χ3v) is 25.9. The van der Waals surface area contributed by atoms with Crippen molar-refractivity contribution >= 4 is 15.9 Å². The van der Waals surface area contributed by atoms with E-state index in [-0.39, 0.29) is 0 Å². The molecule has 0 nitrogen and oxygen atoms in total. The van der Waals surface area contributed by atoms with Gasteiger partial charge in [-0.15, -0.1) is 0 Å². The summed E-state index contributed by atoms with van der Waals surface area (Å²) in [5.41, 5.74) is 0. The van der Waals surface area contributed by atoms with E-state index in [1.165, 1.54) is 18.1 Å². The normalized spacial score (nSPS) is 14.6. The minimum Gasteiger partial charge on any atom is -0.0680 e. The first-order valence-corrected chi connectivity index (χ1v) is 12.6. The van der Waals surface area contributed by atoms with Crippen molar-refractivity contribution in [2.75, 3.05) is 0 Å². The average molecular weight is 259 g/mol. The molecule has 0 amide bonds. The summed E-state index contributed by atoms with van der Waals surface area (Å²) in [4.78, 5) is 0. The summed E-state index contributed by atoms with van der Waals surface area (Å²) < 4.78 is 0. The standard InChI is InChI=1S/C14H34Si2/c1-10-16(11-2,12-3)15(13(4,5)6)14(7,8)9/h15H,10-12H2,1-9H3. The van der Waals surface area contributed by atoms with Crippen LogP contribution in [-0.2, 0) is 0 Å². The van der Waals surface area contributed by atoms with E-state index in [4.69, 9.17) is 0 Å². The molecule has 0 aromatic rings. The van der Waals surface area contributed by atoms with Crippen molar-refractivity contribution in [3.05, 3.63) is 0 Å².